The molecule has 148 valence electrons. The topological polar surface area (TPSA) is 58.6 Å². The lowest BCUT2D eigenvalue weighted by molar-refractivity contribution is 0.103. The van der Waals surface area contributed by atoms with Crippen LogP contribution in [0, 0.1) is 11.3 Å². The van der Waals surface area contributed by atoms with Crippen LogP contribution in [-0.2, 0) is 17.6 Å². The zero-order valence-corrected chi connectivity index (χ0v) is 17.4. The van der Waals surface area contributed by atoms with Crippen molar-refractivity contribution < 1.29 is 14.3 Å². The predicted molar refractivity (Wildman–Crippen MR) is 112 cm³/mol. The van der Waals surface area contributed by atoms with E-state index in [-0.39, 0.29) is 17.4 Å². The highest BCUT2D eigenvalue weighted by Crippen LogP contribution is 2.40. The average molecular weight is 399 g/mol. The molecular weight excluding hydrogens is 372 g/mol. The van der Waals surface area contributed by atoms with E-state index < -0.39 is 0 Å². The Hall–Kier alpha value is -2.34. The van der Waals surface area contributed by atoms with Gasteiger partial charge in [-0.15, -0.1) is 11.3 Å². The number of carbonyl (C=O) groups excluding carboxylic acids is 2. The van der Waals surface area contributed by atoms with Crippen LogP contribution < -0.4 is 10.2 Å². The number of rotatable bonds is 3. The summed E-state index contributed by atoms with van der Waals surface area (Å²) in [5.74, 6) is 0.527. The van der Waals surface area contributed by atoms with Crippen molar-refractivity contribution >= 4 is 34.7 Å². The molecule has 0 saturated carbocycles. The Kier molecular flexibility index (Phi) is 4.91. The van der Waals surface area contributed by atoms with Gasteiger partial charge in [0.05, 0.1) is 22.8 Å². The van der Waals surface area contributed by atoms with Gasteiger partial charge in [-0.1, -0.05) is 32.9 Å². The number of nitrogens with one attached hydrogen (secondary N) is 1. The number of benzene rings is 1. The largest absolute Gasteiger partial charge is 0.447 e. The van der Waals surface area contributed by atoms with Gasteiger partial charge in [0.2, 0.25) is 0 Å². The van der Waals surface area contributed by atoms with E-state index in [4.69, 9.17) is 4.74 Å². The fourth-order valence-corrected chi connectivity index (χ4v) is 5.09. The SMILES string of the molecule is CC(C)(C)C1CCc2sc(C(=O)Nc3ccccc3N3CCOC3=O)cc2C1. The first-order chi connectivity index (χ1) is 13.3. The highest BCUT2D eigenvalue weighted by Gasteiger charge is 2.31. The second kappa shape index (κ2) is 7.24. The Morgan fingerprint density at radius 1 is 1.29 bits per heavy atom. The number of aryl methyl sites for hydroxylation is 1. The van der Waals surface area contributed by atoms with Crippen molar-refractivity contribution in [1.29, 1.82) is 0 Å². The highest BCUT2D eigenvalue weighted by molar-refractivity contribution is 7.14. The number of nitrogens with zero attached hydrogens (tertiary/aromatic N) is 1. The molecule has 2 aromatic rings. The number of cyclic esters (lactones) is 1. The summed E-state index contributed by atoms with van der Waals surface area (Å²) in [4.78, 5) is 28.5. The number of hydrogen-bond donors (Lipinski definition) is 1. The molecular formula is C22H26N2O3S. The summed E-state index contributed by atoms with van der Waals surface area (Å²) in [6, 6.07) is 9.42. The van der Waals surface area contributed by atoms with Crippen molar-refractivity contribution in [3.05, 3.63) is 45.6 Å². The van der Waals surface area contributed by atoms with Gasteiger partial charge in [0, 0.05) is 4.88 Å². The Labute approximate surface area is 169 Å². The molecule has 1 N–H and O–H groups in total. The smallest absolute Gasteiger partial charge is 0.414 e. The molecule has 1 aromatic heterocycles. The second-order valence-corrected chi connectivity index (χ2v) is 9.74. The third-order valence-corrected chi connectivity index (χ3v) is 6.97. The first kappa shape index (κ1) is 19.0. The van der Waals surface area contributed by atoms with Crippen LogP contribution in [0.4, 0.5) is 16.2 Å². The maximum Gasteiger partial charge on any atom is 0.414 e. The molecule has 4 rings (SSSR count). The van der Waals surface area contributed by atoms with E-state index >= 15 is 0 Å². The molecule has 0 bridgehead atoms. The van der Waals surface area contributed by atoms with Gasteiger partial charge < -0.3 is 10.1 Å². The van der Waals surface area contributed by atoms with Crippen molar-refractivity contribution in [3.63, 3.8) is 0 Å². The van der Waals surface area contributed by atoms with Crippen molar-refractivity contribution in [2.75, 3.05) is 23.4 Å². The minimum Gasteiger partial charge on any atom is -0.447 e. The number of ether oxygens (including phenoxy) is 1. The van der Waals surface area contributed by atoms with Crippen molar-refractivity contribution in [2.45, 2.75) is 40.0 Å². The van der Waals surface area contributed by atoms with Crippen LogP contribution in [0.3, 0.4) is 0 Å². The van der Waals surface area contributed by atoms with Gasteiger partial charge >= 0.3 is 6.09 Å². The van der Waals surface area contributed by atoms with E-state index in [2.05, 4.69) is 32.2 Å². The molecule has 2 heterocycles. The van der Waals surface area contributed by atoms with E-state index in [9.17, 15) is 9.59 Å². The Morgan fingerprint density at radius 3 is 2.79 bits per heavy atom. The molecule has 0 spiro atoms. The monoisotopic (exact) mass is 398 g/mol. The van der Waals surface area contributed by atoms with Crippen LogP contribution in [0.2, 0.25) is 0 Å². The standard InChI is InChI=1S/C22H26N2O3S/c1-22(2,3)15-8-9-18-14(12-15)13-19(28-18)20(25)23-16-6-4-5-7-17(16)24-10-11-27-21(24)26/h4-7,13,15H,8-12H2,1-3H3,(H,23,25). The Bertz CT molecular complexity index is 913. The molecule has 28 heavy (non-hydrogen) atoms. The fraction of sp³-hybridized carbons (Fsp3) is 0.455. The van der Waals surface area contributed by atoms with E-state index in [0.29, 0.717) is 30.4 Å². The molecule has 6 heteroatoms. The zero-order valence-electron chi connectivity index (χ0n) is 16.6. The zero-order chi connectivity index (χ0) is 19.9. The Balaban J connectivity index is 1.53. The first-order valence-electron chi connectivity index (χ1n) is 9.79. The van der Waals surface area contributed by atoms with Gasteiger partial charge in [-0.2, -0.15) is 0 Å². The van der Waals surface area contributed by atoms with Gasteiger partial charge in [0.15, 0.2) is 0 Å². The van der Waals surface area contributed by atoms with Crippen LogP contribution in [0.15, 0.2) is 30.3 Å². The highest BCUT2D eigenvalue weighted by atomic mass is 32.1. The summed E-state index contributed by atoms with van der Waals surface area (Å²) in [5, 5.41) is 3.00. The quantitative estimate of drug-likeness (QED) is 0.782. The van der Waals surface area contributed by atoms with Crippen molar-refractivity contribution in [3.8, 4) is 0 Å². The number of carbonyl (C=O) groups is 2. The lowest BCUT2D eigenvalue weighted by Gasteiger charge is -2.33. The van der Waals surface area contributed by atoms with E-state index in [0.717, 1.165) is 17.7 Å². The summed E-state index contributed by atoms with van der Waals surface area (Å²) in [6.45, 7) is 7.75. The fourth-order valence-electron chi connectivity index (χ4n) is 3.99. The number of fused-ring (bicyclic) bond motifs is 1. The predicted octanol–water partition coefficient (Wildman–Crippen LogP) is 5.11. The number of anilines is 2. The van der Waals surface area contributed by atoms with Gasteiger partial charge in [0.1, 0.15) is 6.61 Å². The van der Waals surface area contributed by atoms with Crippen molar-refractivity contribution in [2.24, 2.45) is 11.3 Å². The molecule has 1 aromatic carbocycles. The summed E-state index contributed by atoms with van der Waals surface area (Å²) < 4.78 is 5.03. The molecule has 1 aliphatic heterocycles. The third kappa shape index (κ3) is 3.65. The lowest BCUT2D eigenvalue weighted by atomic mass is 9.72. The molecule has 0 radical (unpaired) electrons. The van der Waals surface area contributed by atoms with Gasteiger partial charge in [-0.25, -0.2) is 4.79 Å². The molecule has 1 fully saturated rings. The van der Waals surface area contributed by atoms with Crippen LogP contribution in [0.25, 0.3) is 0 Å². The van der Waals surface area contributed by atoms with Crippen LogP contribution in [-0.4, -0.2) is 25.2 Å². The lowest BCUT2D eigenvalue weighted by Crippen LogP contribution is -2.26. The number of amides is 2. The Morgan fingerprint density at radius 2 is 2.07 bits per heavy atom. The molecule has 1 aliphatic carbocycles. The van der Waals surface area contributed by atoms with E-state index in [1.165, 1.54) is 16.9 Å². The third-order valence-electron chi connectivity index (χ3n) is 5.74. The van der Waals surface area contributed by atoms with E-state index in [1.807, 2.05) is 24.3 Å². The molecule has 2 aliphatic rings. The average Bonchev–Trinajstić information content (AvgIpc) is 3.27. The molecule has 1 atom stereocenters. The number of para-hydroxylation sites is 2. The number of thiophene rings is 1. The summed E-state index contributed by atoms with van der Waals surface area (Å²) in [6.07, 6.45) is 2.89. The molecule has 2 amide bonds. The van der Waals surface area contributed by atoms with Crippen LogP contribution in [0.5, 0.6) is 0 Å². The summed E-state index contributed by atoms with van der Waals surface area (Å²) in [5.41, 5.74) is 2.90. The minimum absolute atomic E-state index is 0.119. The van der Waals surface area contributed by atoms with E-state index in [1.54, 1.807) is 16.2 Å². The summed E-state index contributed by atoms with van der Waals surface area (Å²) in [7, 11) is 0. The molecule has 1 unspecified atom stereocenters. The maximum atomic E-state index is 12.9. The minimum atomic E-state index is -0.374. The van der Waals surface area contributed by atoms with Crippen molar-refractivity contribution in [1.82, 2.24) is 0 Å². The summed E-state index contributed by atoms with van der Waals surface area (Å²) >= 11 is 1.60. The first-order valence-corrected chi connectivity index (χ1v) is 10.6. The number of hydrogen-bond acceptors (Lipinski definition) is 4. The maximum absolute atomic E-state index is 12.9. The van der Waals surface area contributed by atoms with Gasteiger partial charge in [0.25, 0.3) is 5.91 Å². The van der Waals surface area contributed by atoms with Gasteiger partial charge in [-0.3, -0.25) is 9.69 Å². The normalized spacial score (nSPS) is 19.3. The molecule has 5 nitrogen and oxygen atoms in total. The second-order valence-electron chi connectivity index (χ2n) is 8.60. The van der Waals surface area contributed by atoms with Crippen LogP contribution in [0.1, 0.15) is 47.3 Å². The van der Waals surface area contributed by atoms with Crippen LogP contribution >= 0.6 is 11.3 Å². The molecule has 1 saturated heterocycles. The van der Waals surface area contributed by atoms with Gasteiger partial charge in [-0.05, 0) is 54.4 Å².